The Kier molecular flexibility index (Phi) is 2.93. The number of halogens is 2. The van der Waals surface area contributed by atoms with E-state index in [1.54, 1.807) is 6.07 Å². The molecule has 1 nitrogen and oxygen atoms in total. The largest absolute Gasteiger partial charge is 0.392 e. The molecule has 0 heterocycles. The van der Waals surface area contributed by atoms with Gasteiger partial charge in [-0.3, -0.25) is 0 Å². The van der Waals surface area contributed by atoms with Crippen LogP contribution in [0.15, 0.2) is 16.6 Å². The number of aliphatic hydroxyl groups excluding tert-OH is 1. The Morgan fingerprint density at radius 2 is 2.18 bits per heavy atom. The molecule has 11 heavy (non-hydrogen) atoms. The molecule has 0 aromatic heterocycles. The van der Waals surface area contributed by atoms with Gasteiger partial charge in [-0.2, -0.15) is 0 Å². The zero-order chi connectivity index (χ0) is 8.43. The van der Waals surface area contributed by atoms with Gasteiger partial charge >= 0.3 is 0 Å². The highest BCUT2D eigenvalue weighted by atomic mass is 79.9. The highest BCUT2D eigenvalue weighted by Crippen LogP contribution is 2.25. The predicted octanol–water partition coefficient (Wildman–Crippen LogP) is 2.90. The standard InChI is InChI=1S/C8H8BrClO/c1-5-2-7(10)3-6(4-11)8(5)9/h2-3,11H,4H2,1H3. The highest BCUT2D eigenvalue weighted by Gasteiger charge is 2.02. The number of benzene rings is 1. The van der Waals surface area contributed by atoms with Gasteiger partial charge < -0.3 is 5.11 Å². The second kappa shape index (κ2) is 3.57. The first kappa shape index (κ1) is 9.04. The average Bonchev–Trinajstić information content (AvgIpc) is 1.96. The van der Waals surface area contributed by atoms with Crippen LogP contribution in [0.3, 0.4) is 0 Å². The number of rotatable bonds is 1. The molecular formula is C8H8BrClO. The average molecular weight is 236 g/mol. The van der Waals surface area contributed by atoms with Gasteiger partial charge in [0.15, 0.2) is 0 Å². The predicted molar refractivity (Wildman–Crippen MR) is 49.8 cm³/mol. The third-order valence-corrected chi connectivity index (χ3v) is 2.82. The van der Waals surface area contributed by atoms with E-state index >= 15 is 0 Å². The Balaban J connectivity index is 3.24. The van der Waals surface area contributed by atoms with E-state index in [1.165, 1.54) is 0 Å². The number of hydrogen-bond donors (Lipinski definition) is 1. The Morgan fingerprint density at radius 1 is 1.55 bits per heavy atom. The Labute approximate surface area is 79.1 Å². The zero-order valence-electron chi connectivity index (χ0n) is 6.06. The third kappa shape index (κ3) is 1.95. The fourth-order valence-corrected chi connectivity index (χ4v) is 1.56. The summed E-state index contributed by atoms with van der Waals surface area (Å²) in [6, 6.07) is 3.60. The maximum Gasteiger partial charge on any atom is 0.0693 e. The molecule has 0 bridgehead atoms. The number of aliphatic hydroxyl groups is 1. The fraction of sp³-hybridized carbons (Fsp3) is 0.250. The van der Waals surface area contributed by atoms with E-state index < -0.39 is 0 Å². The van der Waals surface area contributed by atoms with Crippen molar-refractivity contribution in [2.24, 2.45) is 0 Å². The summed E-state index contributed by atoms with van der Waals surface area (Å²) in [5, 5.41) is 9.54. The van der Waals surface area contributed by atoms with Crippen molar-refractivity contribution in [2.45, 2.75) is 13.5 Å². The first-order chi connectivity index (χ1) is 5.15. The lowest BCUT2D eigenvalue weighted by Crippen LogP contribution is -1.87. The van der Waals surface area contributed by atoms with Gasteiger partial charge in [0.05, 0.1) is 6.61 Å². The van der Waals surface area contributed by atoms with Crippen LogP contribution in [0.4, 0.5) is 0 Å². The summed E-state index contributed by atoms with van der Waals surface area (Å²) in [6.45, 7) is 1.96. The molecule has 0 aliphatic rings. The SMILES string of the molecule is Cc1cc(Cl)cc(CO)c1Br. The Hall–Kier alpha value is -0.0500. The maximum atomic E-state index is 8.88. The third-order valence-electron chi connectivity index (χ3n) is 1.46. The molecule has 1 N–H and O–H groups in total. The van der Waals surface area contributed by atoms with Crippen LogP contribution in [0.25, 0.3) is 0 Å². The van der Waals surface area contributed by atoms with Crippen LogP contribution in [0, 0.1) is 6.92 Å². The van der Waals surface area contributed by atoms with Crippen molar-refractivity contribution >= 4 is 27.5 Å². The van der Waals surface area contributed by atoms with Crippen molar-refractivity contribution in [3.8, 4) is 0 Å². The van der Waals surface area contributed by atoms with E-state index in [2.05, 4.69) is 15.9 Å². The second-order valence-corrected chi connectivity index (χ2v) is 3.58. The normalized spacial score (nSPS) is 10.2. The summed E-state index contributed by atoms with van der Waals surface area (Å²) in [7, 11) is 0. The molecule has 0 saturated heterocycles. The number of aryl methyl sites for hydroxylation is 1. The van der Waals surface area contributed by atoms with Crippen molar-refractivity contribution in [3.63, 3.8) is 0 Å². The molecule has 1 aromatic carbocycles. The van der Waals surface area contributed by atoms with Gasteiger partial charge in [0.25, 0.3) is 0 Å². The first-order valence-corrected chi connectivity index (χ1v) is 4.37. The highest BCUT2D eigenvalue weighted by molar-refractivity contribution is 9.10. The molecule has 0 fully saturated rings. The molecule has 0 unspecified atom stereocenters. The van der Waals surface area contributed by atoms with Crippen LogP contribution in [-0.2, 0) is 6.61 Å². The Morgan fingerprint density at radius 3 is 2.73 bits per heavy atom. The van der Waals surface area contributed by atoms with Crippen molar-refractivity contribution < 1.29 is 5.11 Å². The molecule has 0 aliphatic carbocycles. The minimum absolute atomic E-state index is 0.0159. The van der Waals surface area contributed by atoms with Crippen molar-refractivity contribution in [2.75, 3.05) is 0 Å². The van der Waals surface area contributed by atoms with E-state index in [9.17, 15) is 0 Å². The molecule has 60 valence electrons. The lowest BCUT2D eigenvalue weighted by molar-refractivity contribution is 0.281. The summed E-state index contributed by atoms with van der Waals surface area (Å²) < 4.78 is 0.935. The monoisotopic (exact) mass is 234 g/mol. The molecule has 0 atom stereocenters. The molecule has 3 heteroatoms. The fourth-order valence-electron chi connectivity index (χ4n) is 0.910. The smallest absolute Gasteiger partial charge is 0.0693 e. The lowest BCUT2D eigenvalue weighted by atomic mass is 10.1. The quantitative estimate of drug-likeness (QED) is 0.793. The molecule has 0 radical (unpaired) electrons. The molecule has 0 amide bonds. The maximum absolute atomic E-state index is 8.88. The topological polar surface area (TPSA) is 20.2 Å². The molecule has 0 spiro atoms. The van der Waals surface area contributed by atoms with Gasteiger partial charge in [-0.05, 0) is 30.2 Å². The van der Waals surface area contributed by atoms with Crippen LogP contribution in [0.1, 0.15) is 11.1 Å². The summed E-state index contributed by atoms with van der Waals surface area (Å²) >= 11 is 9.12. The first-order valence-electron chi connectivity index (χ1n) is 3.20. The van der Waals surface area contributed by atoms with Gasteiger partial charge in [0, 0.05) is 9.50 Å². The summed E-state index contributed by atoms with van der Waals surface area (Å²) in [4.78, 5) is 0. The van der Waals surface area contributed by atoms with Crippen LogP contribution in [0.2, 0.25) is 5.02 Å². The van der Waals surface area contributed by atoms with Gasteiger partial charge in [0.2, 0.25) is 0 Å². The van der Waals surface area contributed by atoms with Gasteiger partial charge in [-0.15, -0.1) is 0 Å². The molecule has 1 rings (SSSR count). The molecular weight excluding hydrogens is 227 g/mol. The summed E-state index contributed by atoms with van der Waals surface area (Å²) in [5.74, 6) is 0. The number of hydrogen-bond acceptors (Lipinski definition) is 1. The minimum atomic E-state index is 0.0159. The van der Waals surface area contributed by atoms with Crippen molar-refractivity contribution in [1.82, 2.24) is 0 Å². The van der Waals surface area contributed by atoms with E-state index in [0.717, 1.165) is 15.6 Å². The van der Waals surface area contributed by atoms with Crippen LogP contribution in [0.5, 0.6) is 0 Å². The second-order valence-electron chi connectivity index (χ2n) is 2.35. The molecule has 0 saturated carbocycles. The van der Waals surface area contributed by atoms with Gasteiger partial charge in [0.1, 0.15) is 0 Å². The van der Waals surface area contributed by atoms with Crippen LogP contribution >= 0.6 is 27.5 Å². The minimum Gasteiger partial charge on any atom is -0.392 e. The van der Waals surface area contributed by atoms with Crippen LogP contribution in [-0.4, -0.2) is 5.11 Å². The summed E-state index contributed by atoms with van der Waals surface area (Å²) in [5.41, 5.74) is 1.87. The lowest BCUT2D eigenvalue weighted by Gasteiger charge is -2.04. The van der Waals surface area contributed by atoms with Crippen molar-refractivity contribution in [3.05, 3.63) is 32.8 Å². The van der Waals surface area contributed by atoms with Crippen LogP contribution < -0.4 is 0 Å². The van der Waals surface area contributed by atoms with Gasteiger partial charge in [-0.1, -0.05) is 27.5 Å². The van der Waals surface area contributed by atoms with E-state index in [4.69, 9.17) is 16.7 Å². The molecule has 1 aromatic rings. The summed E-state index contributed by atoms with van der Waals surface area (Å²) in [6.07, 6.45) is 0. The molecule has 0 aliphatic heterocycles. The van der Waals surface area contributed by atoms with E-state index in [0.29, 0.717) is 5.02 Å². The van der Waals surface area contributed by atoms with E-state index in [1.807, 2.05) is 13.0 Å². The van der Waals surface area contributed by atoms with Crippen molar-refractivity contribution in [1.29, 1.82) is 0 Å². The zero-order valence-corrected chi connectivity index (χ0v) is 8.41. The Bertz CT molecular complexity index is 273. The van der Waals surface area contributed by atoms with Gasteiger partial charge in [-0.25, -0.2) is 0 Å². The van der Waals surface area contributed by atoms with E-state index in [-0.39, 0.29) is 6.61 Å².